The van der Waals surface area contributed by atoms with Crippen molar-refractivity contribution in [3.8, 4) is 11.1 Å². The van der Waals surface area contributed by atoms with Crippen LogP contribution >= 0.6 is 11.6 Å². The lowest BCUT2D eigenvalue weighted by molar-refractivity contribution is 0.0692. The van der Waals surface area contributed by atoms with Gasteiger partial charge >= 0.3 is 5.97 Å². The van der Waals surface area contributed by atoms with Crippen LogP contribution in [0.25, 0.3) is 22.2 Å². The van der Waals surface area contributed by atoms with Crippen molar-refractivity contribution in [3.63, 3.8) is 0 Å². The van der Waals surface area contributed by atoms with Crippen LogP contribution in [0.4, 0.5) is 10.2 Å². The van der Waals surface area contributed by atoms with E-state index in [1.165, 1.54) is 12.1 Å². The highest BCUT2D eigenvalue weighted by atomic mass is 35.5. The monoisotopic (exact) mass is 563 g/mol. The third kappa shape index (κ3) is 5.01. The van der Waals surface area contributed by atoms with Crippen molar-refractivity contribution in [1.29, 1.82) is 0 Å². The Morgan fingerprint density at radius 1 is 1.00 bits per heavy atom. The van der Waals surface area contributed by atoms with E-state index in [4.69, 9.17) is 16.6 Å². The van der Waals surface area contributed by atoms with Crippen LogP contribution in [-0.2, 0) is 5.54 Å². The summed E-state index contributed by atoms with van der Waals surface area (Å²) in [6.45, 7) is 11.7. The number of nitrogens with zero attached hydrogens (tertiary/aromatic N) is 5. The van der Waals surface area contributed by atoms with Crippen molar-refractivity contribution in [2.75, 3.05) is 31.1 Å². The fraction of sp³-hybridized carbons (Fsp3) is 0.333. The maximum absolute atomic E-state index is 14.3. The number of piperazine rings is 1. The van der Waals surface area contributed by atoms with E-state index >= 15 is 0 Å². The van der Waals surface area contributed by atoms with E-state index in [2.05, 4.69) is 30.7 Å². The van der Waals surface area contributed by atoms with Gasteiger partial charge in [-0.2, -0.15) is 0 Å². The molecule has 1 N–H and O–H groups in total. The third-order valence-corrected chi connectivity index (χ3v) is 7.62. The lowest BCUT2D eigenvalue weighted by Crippen LogP contribution is -2.49. The number of rotatable bonds is 4. The molecular formula is C30H31ClFN5O3. The minimum Gasteiger partial charge on any atom is -0.478 e. The topological polar surface area (TPSA) is 91.6 Å². The fourth-order valence-electron chi connectivity index (χ4n) is 5.22. The van der Waals surface area contributed by atoms with Gasteiger partial charge in [-0.05, 0) is 76.1 Å². The van der Waals surface area contributed by atoms with Crippen LogP contribution in [-0.4, -0.2) is 62.6 Å². The van der Waals surface area contributed by atoms with E-state index in [1.54, 1.807) is 36.9 Å². The molecule has 1 amide bonds. The maximum atomic E-state index is 14.3. The number of aromatic nitrogens is 3. The van der Waals surface area contributed by atoms with Crippen LogP contribution in [0, 0.1) is 19.7 Å². The van der Waals surface area contributed by atoms with Crippen LogP contribution in [0.3, 0.4) is 0 Å². The van der Waals surface area contributed by atoms with E-state index in [0.717, 1.165) is 10.9 Å². The molecule has 1 aliphatic rings. The Kier molecular flexibility index (Phi) is 7.04. The van der Waals surface area contributed by atoms with Crippen molar-refractivity contribution >= 4 is 40.3 Å². The molecule has 8 nitrogen and oxygen atoms in total. The lowest BCUT2D eigenvalue weighted by atomic mass is 10.1. The maximum Gasteiger partial charge on any atom is 0.337 e. The zero-order valence-corrected chi connectivity index (χ0v) is 23.9. The van der Waals surface area contributed by atoms with Gasteiger partial charge in [0.05, 0.1) is 16.3 Å². The van der Waals surface area contributed by atoms with Crippen molar-refractivity contribution < 1.29 is 19.1 Å². The summed E-state index contributed by atoms with van der Waals surface area (Å²) >= 11 is 5.91. The summed E-state index contributed by atoms with van der Waals surface area (Å²) in [7, 11) is 0. The minimum atomic E-state index is -0.987. The fourth-order valence-corrected chi connectivity index (χ4v) is 5.34. The number of carbonyl (C=O) groups excluding carboxylic acids is 1. The SMILES string of the molecule is Cc1cc(N2CCN(C(=O)c3ccc4c(-c5ccc(Cl)c(F)c5)cn(C(C)(C)C)c4n3)CC2)nc(C)c1C(=O)O. The zero-order valence-electron chi connectivity index (χ0n) is 23.1. The molecule has 4 heterocycles. The summed E-state index contributed by atoms with van der Waals surface area (Å²) in [6.07, 6.45) is 1.94. The molecule has 1 aromatic carbocycles. The van der Waals surface area contributed by atoms with Crippen molar-refractivity contribution in [1.82, 2.24) is 19.4 Å². The molecule has 40 heavy (non-hydrogen) atoms. The quantitative estimate of drug-likeness (QED) is 0.331. The molecule has 0 unspecified atom stereocenters. The number of anilines is 1. The van der Waals surface area contributed by atoms with Crippen LogP contribution in [0.15, 0.2) is 42.6 Å². The number of aryl methyl sites for hydroxylation is 2. The molecule has 4 aromatic rings. The molecule has 10 heteroatoms. The largest absolute Gasteiger partial charge is 0.478 e. The average molecular weight is 564 g/mol. The zero-order chi connectivity index (χ0) is 28.9. The highest BCUT2D eigenvalue weighted by Crippen LogP contribution is 2.35. The second-order valence-corrected chi connectivity index (χ2v) is 11.5. The summed E-state index contributed by atoms with van der Waals surface area (Å²) in [5.74, 6) is -0.934. The van der Waals surface area contributed by atoms with E-state index in [-0.39, 0.29) is 22.0 Å². The Balaban J connectivity index is 1.41. The first-order valence-corrected chi connectivity index (χ1v) is 13.5. The number of halogens is 2. The van der Waals surface area contributed by atoms with Gasteiger partial charge in [0, 0.05) is 48.9 Å². The van der Waals surface area contributed by atoms with E-state index in [1.807, 2.05) is 16.8 Å². The molecule has 0 saturated carbocycles. The third-order valence-electron chi connectivity index (χ3n) is 7.31. The van der Waals surface area contributed by atoms with Gasteiger partial charge in [0.25, 0.3) is 5.91 Å². The number of hydrogen-bond donors (Lipinski definition) is 1. The number of benzene rings is 1. The highest BCUT2D eigenvalue weighted by Gasteiger charge is 2.27. The van der Waals surface area contributed by atoms with E-state index in [0.29, 0.717) is 60.2 Å². The Morgan fingerprint density at radius 3 is 2.30 bits per heavy atom. The molecule has 0 bridgehead atoms. The van der Waals surface area contributed by atoms with Gasteiger partial charge < -0.3 is 19.5 Å². The van der Waals surface area contributed by atoms with Crippen molar-refractivity contribution in [3.05, 3.63) is 75.9 Å². The molecule has 1 saturated heterocycles. The van der Waals surface area contributed by atoms with Gasteiger partial charge in [0.2, 0.25) is 0 Å². The molecule has 0 atom stereocenters. The molecule has 208 valence electrons. The summed E-state index contributed by atoms with van der Waals surface area (Å²) < 4.78 is 16.3. The van der Waals surface area contributed by atoms with Gasteiger partial charge in [0.15, 0.2) is 0 Å². The molecule has 0 aliphatic carbocycles. The second-order valence-electron chi connectivity index (χ2n) is 11.1. The number of amides is 1. The molecule has 1 fully saturated rings. The Morgan fingerprint density at radius 2 is 1.70 bits per heavy atom. The number of fused-ring (bicyclic) bond motifs is 1. The molecule has 0 spiro atoms. The second kappa shape index (κ2) is 10.2. The smallest absolute Gasteiger partial charge is 0.337 e. The van der Waals surface area contributed by atoms with Gasteiger partial charge in [-0.25, -0.2) is 19.2 Å². The summed E-state index contributed by atoms with van der Waals surface area (Å²) in [5.41, 5.74) is 3.51. The number of aromatic carboxylic acids is 1. The molecule has 0 radical (unpaired) electrons. The van der Waals surface area contributed by atoms with E-state index < -0.39 is 11.8 Å². The Hall–Kier alpha value is -3.98. The predicted molar refractivity (Wildman–Crippen MR) is 154 cm³/mol. The first kappa shape index (κ1) is 27.6. The van der Waals surface area contributed by atoms with Crippen molar-refractivity contribution in [2.45, 2.75) is 40.2 Å². The first-order valence-electron chi connectivity index (χ1n) is 13.1. The van der Waals surface area contributed by atoms with Crippen LogP contribution in [0.5, 0.6) is 0 Å². The van der Waals surface area contributed by atoms with Gasteiger partial charge in [0.1, 0.15) is 23.0 Å². The normalized spacial score (nSPS) is 14.2. The van der Waals surface area contributed by atoms with E-state index in [9.17, 15) is 19.1 Å². The summed E-state index contributed by atoms with van der Waals surface area (Å²) in [5, 5.41) is 10.3. The average Bonchev–Trinajstić information content (AvgIpc) is 3.29. The van der Waals surface area contributed by atoms with Crippen LogP contribution < -0.4 is 4.90 Å². The number of carboxylic acid groups (broad SMARTS) is 1. The lowest BCUT2D eigenvalue weighted by Gasteiger charge is -2.35. The van der Waals surface area contributed by atoms with Crippen LogP contribution in [0.2, 0.25) is 5.02 Å². The van der Waals surface area contributed by atoms with Gasteiger partial charge in [-0.15, -0.1) is 0 Å². The van der Waals surface area contributed by atoms with Crippen molar-refractivity contribution in [2.24, 2.45) is 0 Å². The number of carboxylic acids is 1. The molecular weight excluding hydrogens is 533 g/mol. The number of hydrogen-bond acceptors (Lipinski definition) is 5. The first-order chi connectivity index (χ1) is 18.8. The highest BCUT2D eigenvalue weighted by molar-refractivity contribution is 6.30. The minimum absolute atomic E-state index is 0.0627. The van der Waals surface area contributed by atoms with Crippen LogP contribution in [0.1, 0.15) is 52.9 Å². The molecule has 3 aromatic heterocycles. The Labute approximate surface area is 237 Å². The molecule has 5 rings (SSSR count). The van der Waals surface area contributed by atoms with Gasteiger partial charge in [-0.3, -0.25) is 4.79 Å². The summed E-state index contributed by atoms with van der Waals surface area (Å²) in [4.78, 5) is 38.2. The Bertz CT molecular complexity index is 1630. The predicted octanol–water partition coefficient (Wildman–Crippen LogP) is 5.92. The number of pyridine rings is 2. The van der Waals surface area contributed by atoms with Gasteiger partial charge in [-0.1, -0.05) is 17.7 Å². The summed E-state index contributed by atoms with van der Waals surface area (Å²) in [6, 6.07) is 10.1. The number of carbonyl (C=O) groups is 2. The molecule has 1 aliphatic heterocycles. The standard InChI is InChI=1S/C30H31ClFN5O3/c1-17-14-25(33-18(2)26(17)29(39)40)35-10-12-36(13-11-35)28(38)24-9-7-20-21(19-6-8-22(31)23(32)15-19)16-37(27(20)34-24)30(3,4)5/h6-9,14-16H,10-13H2,1-5H3,(H,39,40).